The van der Waals surface area contributed by atoms with Crippen LogP contribution < -0.4 is 15.8 Å². The summed E-state index contributed by atoms with van der Waals surface area (Å²) in [6.07, 6.45) is 2.34. The molecule has 0 spiro atoms. The van der Waals surface area contributed by atoms with Crippen LogP contribution in [0.2, 0.25) is 0 Å². The van der Waals surface area contributed by atoms with E-state index in [1.807, 2.05) is 37.3 Å². The third-order valence-corrected chi connectivity index (χ3v) is 5.72. The topological polar surface area (TPSA) is 97.5 Å². The van der Waals surface area contributed by atoms with Crippen LogP contribution in [-0.4, -0.2) is 35.0 Å². The summed E-state index contributed by atoms with van der Waals surface area (Å²) in [7, 11) is 0. The maximum Gasteiger partial charge on any atom is 0.252 e. The van der Waals surface area contributed by atoms with Gasteiger partial charge >= 0.3 is 0 Å². The molecular formula is C21H21N3O3S. The number of nitrogens with two attached hydrogens (primary N) is 1. The highest BCUT2D eigenvalue weighted by Crippen LogP contribution is 2.37. The summed E-state index contributed by atoms with van der Waals surface area (Å²) in [4.78, 5) is 17.6. The van der Waals surface area contributed by atoms with Gasteiger partial charge in [-0.2, -0.15) is 0 Å². The molecule has 6 nitrogen and oxygen atoms in total. The minimum Gasteiger partial charge on any atom is -0.493 e. The number of nitrogens with one attached hydrogen (secondary N) is 1. The predicted molar refractivity (Wildman–Crippen MR) is 112 cm³/mol. The first-order valence-corrected chi connectivity index (χ1v) is 10.1. The lowest BCUT2D eigenvalue weighted by molar-refractivity contribution is 0.100. The number of rotatable bonds is 6. The number of anilines is 2. The number of fused-ring (bicyclic) bond motifs is 2. The van der Waals surface area contributed by atoms with Gasteiger partial charge in [0.25, 0.3) is 5.91 Å². The third-order valence-electron chi connectivity index (χ3n) is 4.76. The van der Waals surface area contributed by atoms with E-state index in [0.717, 1.165) is 44.8 Å². The predicted octanol–water partition coefficient (Wildman–Crippen LogP) is 3.41. The van der Waals surface area contributed by atoms with E-state index in [0.29, 0.717) is 23.6 Å². The van der Waals surface area contributed by atoms with Crippen LogP contribution in [0.5, 0.6) is 5.75 Å². The first-order valence-electron chi connectivity index (χ1n) is 9.07. The van der Waals surface area contributed by atoms with Gasteiger partial charge in [-0.3, -0.25) is 9.78 Å². The van der Waals surface area contributed by atoms with Crippen LogP contribution in [0.3, 0.4) is 0 Å². The second-order valence-corrected chi connectivity index (χ2v) is 7.79. The Morgan fingerprint density at radius 2 is 2.25 bits per heavy atom. The standard InChI is InChI=1S/C21H21N3O3S/c1-12-9-13(28-8-6-25)10-15-19(12)23-11-16(21(22)26)20(15)24-17-3-2-4-18-14(17)5-7-27-18/h2-4,9-11,25H,5-8H2,1H3,(H2,22,26)(H,23,24). The average Bonchev–Trinajstić information content (AvgIpc) is 3.16. The van der Waals surface area contributed by atoms with Crippen LogP contribution in [0.25, 0.3) is 10.9 Å². The van der Waals surface area contributed by atoms with Crippen LogP contribution in [0, 0.1) is 6.92 Å². The molecule has 0 saturated carbocycles. The molecule has 144 valence electrons. The fourth-order valence-corrected chi connectivity index (χ4v) is 4.28. The minimum atomic E-state index is -0.535. The maximum absolute atomic E-state index is 12.1. The van der Waals surface area contributed by atoms with Gasteiger partial charge in [0.15, 0.2) is 0 Å². The van der Waals surface area contributed by atoms with E-state index >= 15 is 0 Å². The van der Waals surface area contributed by atoms with Crippen LogP contribution >= 0.6 is 11.8 Å². The normalized spacial score (nSPS) is 12.6. The maximum atomic E-state index is 12.1. The Kier molecular flexibility index (Phi) is 5.11. The Morgan fingerprint density at radius 1 is 1.39 bits per heavy atom. The Bertz CT molecular complexity index is 1070. The molecule has 0 saturated heterocycles. The van der Waals surface area contributed by atoms with Crippen molar-refractivity contribution in [3.05, 3.63) is 53.2 Å². The summed E-state index contributed by atoms with van der Waals surface area (Å²) in [5.74, 6) is 0.923. The first kappa shape index (κ1) is 18.6. The van der Waals surface area contributed by atoms with Crippen molar-refractivity contribution in [3.8, 4) is 5.75 Å². The summed E-state index contributed by atoms with van der Waals surface area (Å²) in [5.41, 5.74) is 10.4. The Labute approximate surface area is 167 Å². The van der Waals surface area contributed by atoms with Crippen molar-refractivity contribution in [1.29, 1.82) is 0 Å². The molecule has 1 aliphatic heterocycles. The van der Waals surface area contributed by atoms with E-state index in [1.165, 1.54) is 6.20 Å². The van der Waals surface area contributed by atoms with Gasteiger partial charge in [-0.05, 0) is 36.8 Å². The number of primary amides is 1. The lowest BCUT2D eigenvalue weighted by Gasteiger charge is -2.17. The van der Waals surface area contributed by atoms with E-state index in [1.54, 1.807) is 11.8 Å². The SMILES string of the molecule is Cc1cc(SCCO)cc2c(Nc3cccc4c3CCO4)c(C(N)=O)cnc12. The molecule has 0 atom stereocenters. The van der Waals surface area contributed by atoms with E-state index in [4.69, 9.17) is 15.6 Å². The number of aliphatic hydroxyl groups is 1. The number of hydrogen-bond acceptors (Lipinski definition) is 6. The molecule has 2 aromatic carbocycles. The van der Waals surface area contributed by atoms with Gasteiger partial charge in [0.1, 0.15) is 5.75 Å². The number of pyridine rings is 1. The third kappa shape index (κ3) is 3.39. The smallest absolute Gasteiger partial charge is 0.252 e. The van der Waals surface area contributed by atoms with Crippen LogP contribution in [0.4, 0.5) is 11.4 Å². The zero-order chi connectivity index (χ0) is 19.7. The summed E-state index contributed by atoms with van der Waals surface area (Å²) >= 11 is 1.56. The minimum absolute atomic E-state index is 0.0998. The molecule has 28 heavy (non-hydrogen) atoms. The molecule has 0 bridgehead atoms. The first-order chi connectivity index (χ1) is 13.6. The number of amides is 1. The van der Waals surface area contributed by atoms with Gasteiger partial charge in [-0.15, -0.1) is 11.8 Å². The van der Waals surface area contributed by atoms with Crippen molar-refractivity contribution >= 4 is 39.9 Å². The number of carbonyl (C=O) groups is 1. The lowest BCUT2D eigenvalue weighted by Crippen LogP contribution is -2.14. The summed E-state index contributed by atoms with van der Waals surface area (Å²) in [6.45, 7) is 2.73. The molecule has 1 aromatic heterocycles. The van der Waals surface area contributed by atoms with Crippen molar-refractivity contribution in [1.82, 2.24) is 4.98 Å². The second-order valence-electron chi connectivity index (χ2n) is 6.63. The van der Waals surface area contributed by atoms with E-state index in [2.05, 4.69) is 10.3 Å². The van der Waals surface area contributed by atoms with E-state index < -0.39 is 5.91 Å². The largest absolute Gasteiger partial charge is 0.493 e. The molecule has 0 radical (unpaired) electrons. The Hall–Kier alpha value is -2.77. The number of benzene rings is 2. The van der Waals surface area contributed by atoms with Crippen molar-refractivity contribution in [2.45, 2.75) is 18.2 Å². The van der Waals surface area contributed by atoms with Gasteiger partial charge in [0.2, 0.25) is 0 Å². The monoisotopic (exact) mass is 395 g/mol. The lowest BCUT2D eigenvalue weighted by atomic mass is 10.0. The Morgan fingerprint density at radius 3 is 3.04 bits per heavy atom. The molecule has 7 heteroatoms. The van der Waals surface area contributed by atoms with Gasteiger partial charge < -0.3 is 20.9 Å². The molecule has 0 fully saturated rings. The molecule has 4 N–H and O–H groups in total. The Balaban J connectivity index is 1.89. The van der Waals surface area contributed by atoms with Crippen molar-refractivity contribution in [2.24, 2.45) is 5.73 Å². The highest BCUT2D eigenvalue weighted by molar-refractivity contribution is 7.99. The quantitative estimate of drug-likeness (QED) is 0.554. The molecule has 0 aliphatic carbocycles. The van der Waals surface area contributed by atoms with Crippen LogP contribution in [-0.2, 0) is 6.42 Å². The van der Waals surface area contributed by atoms with Crippen LogP contribution in [0.1, 0.15) is 21.5 Å². The highest BCUT2D eigenvalue weighted by Gasteiger charge is 2.20. The zero-order valence-electron chi connectivity index (χ0n) is 15.5. The number of aliphatic hydroxyl groups excluding tert-OH is 1. The zero-order valence-corrected chi connectivity index (χ0v) is 16.3. The second kappa shape index (κ2) is 7.69. The number of hydrogen-bond donors (Lipinski definition) is 3. The molecular weight excluding hydrogens is 374 g/mol. The summed E-state index contributed by atoms with van der Waals surface area (Å²) < 4.78 is 5.65. The van der Waals surface area contributed by atoms with Gasteiger partial charge in [0.05, 0.1) is 30.0 Å². The van der Waals surface area contributed by atoms with Crippen molar-refractivity contribution in [3.63, 3.8) is 0 Å². The number of carbonyl (C=O) groups excluding carboxylic acids is 1. The van der Waals surface area contributed by atoms with Crippen LogP contribution in [0.15, 0.2) is 41.4 Å². The average molecular weight is 395 g/mol. The number of nitrogens with zero attached hydrogens (tertiary/aromatic N) is 1. The molecule has 3 aromatic rings. The van der Waals surface area contributed by atoms with Gasteiger partial charge in [0, 0.05) is 39.9 Å². The number of ether oxygens (including phenoxy) is 1. The number of aryl methyl sites for hydroxylation is 1. The molecule has 1 amide bonds. The van der Waals surface area contributed by atoms with Crippen molar-refractivity contribution < 1.29 is 14.6 Å². The van der Waals surface area contributed by atoms with Gasteiger partial charge in [-0.1, -0.05) is 6.07 Å². The molecule has 1 aliphatic rings. The fourth-order valence-electron chi connectivity index (χ4n) is 3.49. The van der Waals surface area contributed by atoms with Gasteiger partial charge in [-0.25, -0.2) is 0 Å². The summed E-state index contributed by atoms with van der Waals surface area (Å²) in [5, 5.41) is 13.4. The molecule has 4 rings (SSSR count). The number of aromatic nitrogens is 1. The highest BCUT2D eigenvalue weighted by atomic mass is 32.2. The van der Waals surface area contributed by atoms with E-state index in [-0.39, 0.29) is 6.61 Å². The molecule has 2 heterocycles. The van der Waals surface area contributed by atoms with Crippen molar-refractivity contribution in [2.75, 3.05) is 24.3 Å². The molecule has 0 unspecified atom stereocenters. The summed E-state index contributed by atoms with van der Waals surface area (Å²) in [6, 6.07) is 9.87. The fraction of sp³-hybridized carbons (Fsp3) is 0.238. The van der Waals surface area contributed by atoms with E-state index in [9.17, 15) is 4.79 Å². The number of thioether (sulfide) groups is 1.